The highest BCUT2D eigenvalue weighted by Crippen LogP contribution is 2.43. The maximum absolute atomic E-state index is 14.7. The third kappa shape index (κ3) is 10.6. The van der Waals surface area contributed by atoms with E-state index in [-0.39, 0.29) is 42.6 Å². The minimum atomic E-state index is -1.03. The number of carbonyl (C=O) groups excluding carboxylic acids is 4. The minimum absolute atomic E-state index is 0.00692. The molecule has 3 atom stereocenters. The van der Waals surface area contributed by atoms with Crippen LogP contribution in [0, 0.1) is 17.8 Å². The van der Waals surface area contributed by atoms with Crippen LogP contribution < -0.4 is 14.5 Å². The summed E-state index contributed by atoms with van der Waals surface area (Å²) in [7, 11) is 3.34. The number of methoxy groups -OCH3 is 2. The van der Waals surface area contributed by atoms with Crippen LogP contribution in [-0.4, -0.2) is 92.9 Å². The zero-order valence-corrected chi connectivity index (χ0v) is 32.7. The molecule has 5 rings (SSSR count). The Morgan fingerprint density at radius 2 is 1.70 bits per heavy atom. The molecule has 2 aromatic rings. The predicted molar refractivity (Wildman–Crippen MR) is 204 cm³/mol. The molecule has 1 saturated carbocycles. The number of anilines is 2. The summed E-state index contributed by atoms with van der Waals surface area (Å²) < 4.78 is 22.7. The summed E-state index contributed by atoms with van der Waals surface area (Å²) in [6.07, 6.45) is 4.94. The Kier molecular flexibility index (Phi) is 13.2. The first-order valence-corrected chi connectivity index (χ1v) is 19.2. The van der Waals surface area contributed by atoms with E-state index in [1.165, 1.54) is 5.56 Å². The van der Waals surface area contributed by atoms with E-state index in [4.69, 9.17) is 18.9 Å². The van der Waals surface area contributed by atoms with Gasteiger partial charge in [0.1, 0.15) is 17.1 Å². The number of rotatable bonds is 16. The van der Waals surface area contributed by atoms with E-state index in [1.807, 2.05) is 62.1 Å². The van der Waals surface area contributed by atoms with Gasteiger partial charge in [-0.15, -0.1) is 0 Å². The summed E-state index contributed by atoms with van der Waals surface area (Å²) >= 11 is 0. The number of Topliss-reactive ketones (excluding diaryl/α,β-unsaturated/α-hetero) is 1. The first-order valence-electron chi connectivity index (χ1n) is 19.2. The van der Waals surface area contributed by atoms with Gasteiger partial charge in [-0.3, -0.25) is 14.4 Å². The number of ether oxygens (including phenoxy) is 4. The highest BCUT2D eigenvalue weighted by Gasteiger charge is 2.45. The van der Waals surface area contributed by atoms with Crippen molar-refractivity contribution in [3.05, 3.63) is 54.1 Å². The molecule has 290 valence electrons. The Morgan fingerprint density at radius 1 is 0.981 bits per heavy atom. The highest BCUT2D eigenvalue weighted by atomic mass is 16.6. The van der Waals surface area contributed by atoms with E-state index >= 15 is 0 Å². The molecule has 2 fully saturated rings. The molecule has 3 aliphatic rings. The molecular formula is C42H59N3O8. The van der Waals surface area contributed by atoms with Gasteiger partial charge >= 0.3 is 6.09 Å². The lowest BCUT2D eigenvalue weighted by Crippen LogP contribution is -2.53. The first kappa shape index (κ1) is 40.2. The van der Waals surface area contributed by atoms with Crippen LogP contribution in [0.2, 0.25) is 0 Å². The minimum Gasteiger partial charge on any atom is -0.476 e. The zero-order chi connectivity index (χ0) is 38.3. The van der Waals surface area contributed by atoms with Crippen LogP contribution >= 0.6 is 0 Å². The maximum Gasteiger partial charge on any atom is 0.410 e. The molecule has 0 bridgehead atoms. The van der Waals surface area contributed by atoms with Crippen LogP contribution in [0.25, 0.3) is 0 Å². The fraction of sp³-hybridized carbons (Fsp3) is 0.619. The molecule has 2 aromatic carbocycles. The summed E-state index contributed by atoms with van der Waals surface area (Å²) in [6, 6.07) is 15.9. The second-order valence-corrected chi connectivity index (χ2v) is 16.4. The van der Waals surface area contributed by atoms with Gasteiger partial charge in [-0.2, -0.15) is 0 Å². The predicted octanol–water partition coefficient (Wildman–Crippen LogP) is 6.84. The lowest BCUT2D eigenvalue weighted by molar-refractivity contribution is -0.132. The SMILES string of the molecule is COCCCN1C(=O)C(C)(C)Oc2ccc(N(C(=O)[C@@H]3C[C@H](C(=O)CCC[C@@H](COC)Cc4ccccc4)CN(C(=O)OC(C)(C)C)C3)C3CC3)cc21. The van der Waals surface area contributed by atoms with Crippen molar-refractivity contribution < 1.29 is 38.1 Å². The Morgan fingerprint density at radius 3 is 2.36 bits per heavy atom. The Labute approximate surface area is 315 Å². The topological polar surface area (TPSA) is 115 Å². The molecule has 53 heavy (non-hydrogen) atoms. The quantitative estimate of drug-likeness (QED) is 0.172. The molecule has 11 heteroatoms. The van der Waals surface area contributed by atoms with Crippen molar-refractivity contribution in [3.63, 3.8) is 0 Å². The van der Waals surface area contributed by atoms with E-state index in [2.05, 4.69) is 12.1 Å². The number of carbonyl (C=O) groups is 4. The van der Waals surface area contributed by atoms with E-state index in [0.29, 0.717) is 62.6 Å². The molecule has 1 aliphatic carbocycles. The Balaban J connectivity index is 1.35. The monoisotopic (exact) mass is 733 g/mol. The second kappa shape index (κ2) is 17.5. The third-order valence-electron chi connectivity index (χ3n) is 10.2. The number of piperidine rings is 1. The lowest BCUT2D eigenvalue weighted by Gasteiger charge is -2.40. The van der Waals surface area contributed by atoms with Gasteiger partial charge in [0, 0.05) is 71.1 Å². The molecule has 0 aromatic heterocycles. The van der Waals surface area contributed by atoms with Gasteiger partial charge in [-0.1, -0.05) is 30.3 Å². The fourth-order valence-corrected chi connectivity index (χ4v) is 7.53. The summed E-state index contributed by atoms with van der Waals surface area (Å²) in [5.74, 6) is -0.460. The Hall–Kier alpha value is -3.96. The molecule has 2 heterocycles. The molecule has 3 amide bonds. The van der Waals surface area contributed by atoms with Crippen molar-refractivity contribution in [2.45, 2.75) is 103 Å². The van der Waals surface area contributed by atoms with Crippen molar-refractivity contribution >= 4 is 35.1 Å². The van der Waals surface area contributed by atoms with Crippen molar-refractivity contribution in [1.29, 1.82) is 0 Å². The summed E-state index contributed by atoms with van der Waals surface area (Å²) in [6.45, 7) is 10.9. The van der Waals surface area contributed by atoms with Crippen LogP contribution in [-0.2, 0) is 35.0 Å². The Bertz CT molecular complexity index is 1580. The summed E-state index contributed by atoms with van der Waals surface area (Å²) in [4.78, 5) is 60.7. The average Bonchev–Trinajstić information content (AvgIpc) is 3.95. The van der Waals surface area contributed by atoms with Crippen molar-refractivity contribution in [3.8, 4) is 5.75 Å². The normalized spacial score (nSPS) is 20.3. The maximum atomic E-state index is 14.7. The standard InChI is InChI=1S/C42H59N3O8/c1-41(2,3)53-40(49)43-26-31(36(46)16-11-15-30(28-51-7)23-29-13-9-8-10-14-29)24-32(27-43)38(47)45(33-17-18-33)34-19-20-37-35(25-34)44(21-12-22-50-6)39(48)42(4,5)52-37/h8-10,13-14,19-20,25,30-33H,11-12,15-18,21-24,26-28H2,1-7H3/t30-,31+,32-/m1/s1. The number of hydrogen-bond acceptors (Lipinski definition) is 8. The fourth-order valence-electron chi connectivity index (χ4n) is 7.53. The van der Waals surface area contributed by atoms with Gasteiger partial charge in [-0.25, -0.2) is 4.79 Å². The van der Waals surface area contributed by atoms with Gasteiger partial charge in [0.2, 0.25) is 5.91 Å². The van der Waals surface area contributed by atoms with Crippen LogP contribution in [0.1, 0.15) is 85.1 Å². The smallest absolute Gasteiger partial charge is 0.410 e. The van der Waals surface area contributed by atoms with Crippen LogP contribution in [0.3, 0.4) is 0 Å². The second-order valence-electron chi connectivity index (χ2n) is 16.4. The van der Waals surface area contributed by atoms with E-state index < -0.39 is 29.1 Å². The van der Waals surface area contributed by atoms with Gasteiger partial charge in [0.15, 0.2) is 5.60 Å². The summed E-state index contributed by atoms with van der Waals surface area (Å²) in [5, 5.41) is 0. The van der Waals surface area contributed by atoms with Crippen molar-refractivity contribution in [1.82, 2.24) is 4.90 Å². The molecule has 0 unspecified atom stereocenters. The number of benzene rings is 2. The van der Waals surface area contributed by atoms with Gasteiger partial charge < -0.3 is 33.6 Å². The highest BCUT2D eigenvalue weighted by molar-refractivity contribution is 6.04. The molecule has 1 saturated heterocycles. The van der Waals surface area contributed by atoms with Gasteiger partial charge in [0.25, 0.3) is 5.91 Å². The summed E-state index contributed by atoms with van der Waals surface area (Å²) in [5.41, 5.74) is 0.768. The first-order chi connectivity index (χ1) is 25.2. The third-order valence-corrected chi connectivity index (χ3v) is 10.2. The van der Waals surface area contributed by atoms with Gasteiger partial charge in [0.05, 0.1) is 11.6 Å². The number of hydrogen-bond donors (Lipinski definition) is 0. The van der Waals surface area contributed by atoms with E-state index in [9.17, 15) is 19.2 Å². The lowest BCUT2D eigenvalue weighted by atomic mass is 9.83. The average molecular weight is 734 g/mol. The van der Waals surface area contributed by atoms with Gasteiger partial charge in [-0.05, 0) is 109 Å². The molecule has 0 spiro atoms. The van der Waals surface area contributed by atoms with Crippen molar-refractivity contribution in [2.75, 3.05) is 56.9 Å². The van der Waals surface area contributed by atoms with E-state index in [0.717, 1.165) is 25.7 Å². The number of fused-ring (bicyclic) bond motifs is 1. The number of ketones is 1. The van der Waals surface area contributed by atoms with Crippen LogP contribution in [0.15, 0.2) is 48.5 Å². The van der Waals surface area contributed by atoms with E-state index in [1.54, 1.807) is 37.9 Å². The van der Waals surface area contributed by atoms with Crippen molar-refractivity contribution in [2.24, 2.45) is 17.8 Å². The number of amides is 3. The number of nitrogens with zero attached hydrogens (tertiary/aromatic N) is 3. The molecule has 2 aliphatic heterocycles. The molecular weight excluding hydrogens is 674 g/mol. The van der Waals surface area contributed by atoms with Crippen LogP contribution in [0.5, 0.6) is 5.75 Å². The molecule has 11 nitrogen and oxygen atoms in total. The largest absolute Gasteiger partial charge is 0.476 e. The molecule has 0 N–H and O–H groups in total. The zero-order valence-electron chi connectivity index (χ0n) is 32.7. The number of likely N-dealkylation sites (tertiary alicyclic amines) is 1. The molecule has 0 radical (unpaired) electrons. The van der Waals surface area contributed by atoms with Crippen LogP contribution in [0.4, 0.5) is 16.2 Å².